The SMILES string of the molecule is CCCCCCC/C=C\C/C=C\C/C=C\CCCCCCCCCCC(=O)NC(COP(=O)([O-])OCC[N+](C)(C)C)C(O)/C=C/CCCCCCCCCCCCCCC. The number of hydrogen-bond acceptors (Lipinski definition) is 6. The molecule has 8 nitrogen and oxygen atoms in total. The summed E-state index contributed by atoms with van der Waals surface area (Å²) in [5, 5.41) is 13.8. The second-order valence-electron chi connectivity index (χ2n) is 18.2. The van der Waals surface area contributed by atoms with Crippen LogP contribution in [0.1, 0.15) is 219 Å². The average molecular weight is 865 g/mol. The standard InChI is InChI=1S/C51H97N2O6P/c1-6-8-10-12-14-16-18-20-22-23-24-25-26-27-28-29-31-33-35-37-39-41-43-45-51(55)52-49(48-59-60(56,57)58-47-46-53(3,4)5)50(54)44-42-40-38-36-34-32-30-21-19-17-15-13-11-9-7-2/h18,20,23-24,26-27,42,44,49-50,54H,6-17,19,21-22,25,28-41,43,45-48H2,1-5H3,(H-,52,55,56,57)/b20-18-,24-23-,27-26-,44-42+. The van der Waals surface area contributed by atoms with Gasteiger partial charge in [-0.1, -0.05) is 204 Å². The fraction of sp³-hybridized carbons (Fsp3) is 0.824. The molecule has 0 radical (unpaired) electrons. The van der Waals surface area contributed by atoms with Crippen molar-refractivity contribution in [2.24, 2.45) is 0 Å². The summed E-state index contributed by atoms with van der Waals surface area (Å²) in [6.45, 7) is 4.63. The maximum Gasteiger partial charge on any atom is 0.268 e. The molecule has 60 heavy (non-hydrogen) atoms. The maximum atomic E-state index is 12.9. The molecule has 0 rings (SSSR count). The van der Waals surface area contributed by atoms with Crippen molar-refractivity contribution >= 4 is 13.7 Å². The molecule has 0 saturated carbocycles. The maximum absolute atomic E-state index is 12.9. The van der Waals surface area contributed by atoms with Gasteiger partial charge in [0, 0.05) is 6.42 Å². The van der Waals surface area contributed by atoms with Gasteiger partial charge in [0.25, 0.3) is 7.82 Å². The van der Waals surface area contributed by atoms with E-state index in [1.807, 2.05) is 27.2 Å². The molecule has 0 heterocycles. The number of aliphatic hydroxyl groups is 1. The number of nitrogens with one attached hydrogen (secondary N) is 1. The molecule has 0 aromatic carbocycles. The third-order valence-corrected chi connectivity index (χ3v) is 12.0. The second-order valence-corrected chi connectivity index (χ2v) is 19.6. The highest BCUT2D eigenvalue weighted by Gasteiger charge is 2.23. The Balaban J connectivity index is 4.33. The summed E-state index contributed by atoms with van der Waals surface area (Å²) in [6, 6.07) is -0.891. The van der Waals surface area contributed by atoms with E-state index in [0.29, 0.717) is 17.4 Å². The van der Waals surface area contributed by atoms with Gasteiger partial charge in [0.2, 0.25) is 5.91 Å². The van der Waals surface area contributed by atoms with Crippen molar-refractivity contribution in [2.75, 3.05) is 40.9 Å². The Hall–Kier alpha value is -1.54. The van der Waals surface area contributed by atoms with Crippen molar-refractivity contribution in [3.8, 4) is 0 Å². The van der Waals surface area contributed by atoms with Crippen LogP contribution in [0.4, 0.5) is 0 Å². The number of unbranched alkanes of at least 4 members (excludes halogenated alkanes) is 26. The molecule has 0 aromatic heterocycles. The number of allylic oxidation sites excluding steroid dienone is 7. The summed E-state index contributed by atoms with van der Waals surface area (Å²) in [5.41, 5.74) is 0. The van der Waals surface area contributed by atoms with E-state index in [4.69, 9.17) is 9.05 Å². The number of amides is 1. The Morgan fingerprint density at radius 3 is 1.40 bits per heavy atom. The van der Waals surface area contributed by atoms with E-state index in [0.717, 1.165) is 57.8 Å². The number of aliphatic hydroxyl groups excluding tert-OH is 1. The number of nitrogens with zero attached hydrogens (tertiary/aromatic N) is 1. The molecule has 0 aliphatic carbocycles. The Kier molecular flexibility index (Phi) is 41.6. The molecule has 0 saturated heterocycles. The minimum atomic E-state index is -4.59. The van der Waals surface area contributed by atoms with Crippen LogP contribution in [0.2, 0.25) is 0 Å². The van der Waals surface area contributed by atoms with Gasteiger partial charge < -0.3 is 28.8 Å². The summed E-state index contributed by atoms with van der Waals surface area (Å²) in [5.74, 6) is -0.205. The first-order valence-corrected chi connectivity index (χ1v) is 26.5. The van der Waals surface area contributed by atoms with E-state index in [1.165, 1.54) is 141 Å². The zero-order valence-corrected chi connectivity index (χ0v) is 40.8. The smallest absolute Gasteiger partial charge is 0.268 e. The van der Waals surface area contributed by atoms with Crippen LogP contribution >= 0.6 is 7.82 Å². The minimum Gasteiger partial charge on any atom is -0.756 e. The van der Waals surface area contributed by atoms with Crippen LogP contribution in [-0.2, 0) is 18.4 Å². The molecule has 3 atom stereocenters. The van der Waals surface area contributed by atoms with E-state index in [2.05, 4.69) is 55.6 Å². The number of hydrogen-bond donors (Lipinski definition) is 2. The van der Waals surface area contributed by atoms with Gasteiger partial charge >= 0.3 is 0 Å². The van der Waals surface area contributed by atoms with Crippen molar-refractivity contribution in [3.63, 3.8) is 0 Å². The van der Waals surface area contributed by atoms with Crippen molar-refractivity contribution in [1.82, 2.24) is 5.32 Å². The monoisotopic (exact) mass is 865 g/mol. The Labute approximate surface area is 371 Å². The summed E-state index contributed by atoms with van der Waals surface area (Å²) in [4.78, 5) is 25.4. The average Bonchev–Trinajstić information content (AvgIpc) is 3.20. The minimum absolute atomic E-state index is 0.00375. The van der Waals surface area contributed by atoms with Crippen LogP contribution in [0.15, 0.2) is 48.6 Å². The normalized spacial score (nSPS) is 14.6. The number of phosphoric acid groups is 1. The number of phosphoric ester groups is 1. The van der Waals surface area contributed by atoms with Gasteiger partial charge in [0.15, 0.2) is 0 Å². The van der Waals surface area contributed by atoms with Gasteiger partial charge in [-0.05, 0) is 57.8 Å². The van der Waals surface area contributed by atoms with Gasteiger partial charge in [-0.25, -0.2) is 0 Å². The summed E-state index contributed by atoms with van der Waals surface area (Å²) in [6.07, 6.45) is 54.4. The molecule has 352 valence electrons. The van der Waals surface area contributed by atoms with Crippen LogP contribution in [0.3, 0.4) is 0 Å². The molecular formula is C51H97N2O6P. The van der Waals surface area contributed by atoms with E-state index >= 15 is 0 Å². The molecule has 9 heteroatoms. The molecule has 0 fully saturated rings. The Bertz CT molecular complexity index is 1120. The lowest BCUT2D eigenvalue weighted by Gasteiger charge is -2.29. The lowest BCUT2D eigenvalue weighted by Crippen LogP contribution is -2.45. The second kappa shape index (κ2) is 42.7. The number of rotatable bonds is 45. The Morgan fingerprint density at radius 2 is 0.967 bits per heavy atom. The van der Waals surface area contributed by atoms with Crippen molar-refractivity contribution in [1.29, 1.82) is 0 Å². The van der Waals surface area contributed by atoms with Crippen LogP contribution in [0.5, 0.6) is 0 Å². The van der Waals surface area contributed by atoms with Crippen molar-refractivity contribution in [2.45, 2.75) is 231 Å². The van der Waals surface area contributed by atoms with E-state index in [9.17, 15) is 19.4 Å². The molecular weight excluding hydrogens is 768 g/mol. The predicted octanol–water partition coefficient (Wildman–Crippen LogP) is 13.8. The summed E-state index contributed by atoms with van der Waals surface area (Å²) >= 11 is 0. The van der Waals surface area contributed by atoms with Gasteiger partial charge in [-0.15, -0.1) is 0 Å². The zero-order chi connectivity index (χ0) is 44.3. The molecule has 0 bridgehead atoms. The molecule has 0 aliphatic rings. The third-order valence-electron chi connectivity index (χ3n) is 11.0. The molecule has 1 amide bonds. The van der Waals surface area contributed by atoms with Gasteiger partial charge in [-0.3, -0.25) is 9.36 Å². The summed E-state index contributed by atoms with van der Waals surface area (Å²) < 4.78 is 23.3. The topological polar surface area (TPSA) is 108 Å². The first kappa shape index (κ1) is 58.5. The molecule has 0 aliphatic heterocycles. The van der Waals surface area contributed by atoms with Gasteiger partial charge in [0.1, 0.15) is 13.2 Å². The van der Waals surface area contributed by atoms with E-state index in [-0.39, 0.29) is 19.1 Å². The zero-order valence-electron chi connectivity index (χ0n) is 39.9. The Morgan fingerprint density at radius 1 is 0.583 bits per heavy atom. The number of carbonyl (C=O) groups excluding carboxylic acids is 1. The third kappa shape index (κ3) is 44.5. The predicted molar refractivity (Wildman–Crippen MR) is 256 cm³/mol. The number of carbonyl (C=O) groups is 1. The van der Waals surface area contributed by atoms with Crippen LogP contribution < -0.4 is 10.2 Å². The highest BCUT2D eigenvalue weighted by Crippen LogP contribution is 2.38. The van der Waals surface area contributed by atoms with Crippen LogP contribution in [0.25, 0.3) is 0 Å². The highest BCUT2D eigenvalue weighted by atomic mass is 31.2. The first-order valence-electron chi connectivity index (χ1n) is 25.0. The summed E-state index contributed by atoms with van der Waals surface area (Å²) in [7, 11) is 1.25. The fourth-order valence-electron chi connectivity index (χ4n) is 7.04. The van der Waals surface area contributed by atoms with Crippen molar-refractivity contribution < 1.29 is 32.9 Å². The lowest BCUT2D eigenvalue weighted by atomic mass is 10.0. The number of quaternary nitrogens is 1. The van der Waals surface area contributed by atoms with Crippen LogP contribution in [-0.4, -0.2) is 68.5 Å². The van der Waals surface area contributed by atoms with E-state index < -0.39 is 20.0 Å². The molecule has 3 unspecified atom stereocenters. The molecule has 0 spiro atoms. The largest absolute Gasteiger partial charge is 0.756 e. The van der Waals surface area contributed by atoms with Crippen LogP contribution in [0, 0.1) is 0 Å². The van der Waals surface area contributed by atoms with Crippen molar-refractivity contribution in [3.05, 3.63) is 48.6 Å². The molecule has 2 N–H and O–H groups in total. The first-order chi connectivity index (χ1) is 29.0. The molecule has 0 aromatic rings. The highest BCUT2D eigenvalue weighted by molar-refractivity contribution is 7.45. The van der Waals surface area contributed by atoms with E-state index in [1.54, 1.807) is 6.08 Å². The lowest BCUT2D eigenvalue weighted by molar-refractivity contribution is -0.870. The quantitative estimate of drug-likeness (QED) is 0.0273. The fourth-order valence-corrected chi connectivity index (χ4v) is 7.76. The van der Waals surface area contributed by atoms with Gasteiger partial charge in [-0.2, -0.15) is 0 Å². The number of likely N-dealkylation sites (N-methyl/N-ethyl adjacent to an activating group) is 1. The van der Waals surface area contributed by atoms with Gasteiger partial charge in [0.05, 0.1) is 39.9 Å².